The lowest BCUT2D eigenvalue weighted by Gasteiger charge is -2.09. The molecule has 0 spiro atoms. The maximum Gasteiger partial charge on any atom is 0.257 e. The minimum absolute atomic E-state index is 0.000704. The van der Waals surface area contributed by atoms with Crippen LogP contribution in [0, 0.1) is 0 Å². The van der Waals surface area contributed by atoms with Crippen LogP contribution in [0.25, 0.3) is 0 Å². The summed E-state index contributed by atoms with van der Waals surface area (Å²) < 4.78 is 5.30. The number of carbonyl (C=O) groups is 1. The second-order valence-electron chi connectivity index (χ2n) is 3.89. The van der Waals surface area contributed by atoms with E-state index in [1.54, 1.807) is 24.3 Å². The van der Waals surface area contributed by atoms with Crippen LogP contribution < -0.4 is 10.1 Å². The Morgan fingerprint density at radius 2 is 2.06 bits per heavy atom. The van der Waals surface area contributed by atoms with E-state index in [0.29, 0.717) is 17.3 Å². The van der Waals surface area contributed by atoms with Gasteiger partial charge in [0.1, 0.15) is 5.75 Å². The van der Waals surface area contributed by atoms with Crippen LogP contribution in [-0.4, -0.2) is 24.4 Å². The van der Waals surface area contributed by atoms with Crippen molar-refractivity contribution in [3.05, 3.63) is 29.3 Å². The SMILES string of the molecule is CCC(Cl)CCNC(=O)COc1ccc(Cl)cc1. The number of amides is 1. The number of ether oxygens (including phenoxy) is 1. The van der Waals surface area contributed by atoms with Gasteiger partial charge in [-0.3, -0.25) is 4.79 Å². The van der Waals surface area contributed by atoms with Gasteiger partial charge in [-0.25, -0.2) is 0 Å². The standard InChI is InChI=1S/C13H17Cl2NO2/c1-2-10(14)7-8-16-13(17)9-18-12-5-3-11(15)4-6-12/h3-6,10H,2,7-9H2,1H3,(H,16,17). The topological polar surface area (TPSA) is 38.3 Å². The van der Waals surface area contributed by atoms with Gasteiger partial charge in [0.05, 0.1) is 0 Å². The van der Waals surface area contributed by atoms with Gasteiger partial charge in [0, 0.05) is 16.9 Å². The van der Waals surface area contributed by atoms with Crippen LogP contribution in [0.3, 0.4) is 0 Å². The van der Waals surface area contributed by atoms with Gasteiger partial charge in [-0.15, -0.1) is 11.6 Å². The van der Waals surface area contributed by atoms with Gasteiger partial charge in [0.15, 0.2) is 6.61 Å². The van der Waals surface area contributed by atoms with E-state index in [4.69, 9.17) is 27.9 Å². The molecule has 1 aromatic rings. The first-order valence-corrected chi connectivity index (χ1v) is 6.72. The van der Waals surface area contributed by atoms with Crippen molar-refractivity contribution < 1.29 is 9.53 Å². The summed E-state index contributed by atoms with van der Waals surface area (Å²) in [7, 11) is 0. The third-order valence-electron chi connectivity index (χ3n) is 2.41. The first-order valence-electron chi connectivity index (χ1n) is 5.91. The molecule has 0 radical (unpaired) electrons. The first-order chi connectivity index (χ1) is 8.61. The summed E-state index contributed by atoms with van der Waals surface area (Å²) in [6, 6.07) is 6.88. The Labute approximate surface area is 117 Å². The smallest absolute Gasteiger partial charge is 0.257 e. The predicted octanol–water partition coefficient (Wildman–Crippen LogP) is 3.24. The second-order valence-corrected chi connectivity index (χ2v) is 4.94. The van der Waals surface area contributed by atoms with Crippen molar-refractivity contribution in [1.82, 2.24) is 5.32 Å². The first kappa shape index (κ1) is 15.1. The fraction of sp³-hybridized carbons (Fsp3) is 0.462. The van der Waals surface area contributed by atoms with Crippen molar-refractivity contribution in [2.24, 2.45) is 0 Å². The summed E-state index contributed by atoms with van der Waals surface area (Å²) >= 11 is 11.7. The van der Waals surface area contributed by atoms with Crippen molar-refractivity contribution in [2.75, 3.05) is 13.2 Å². The fourth-order valence-corrected chi connectivity index (χ4v) is 1.54. The lowest BCUT2D eigenvalue weighted by Crippen LogP contribution is -2.30. The number of halogens is 2. The average molecular weight is 290 g/mol. The summed E-state index contributed by atoms with van der Waals surface area (Å²) in [6.45, 7) is 2.59. The predicted molar refractivity (Wildman–Crippen MR) is 74.5 cm³/mol. The molecule has 3 nitrogen and oxygen atoms in total. The molecule has 5 heteroatoms. The number of benzene rings is 1. The van der Waals surface area contributed by atoms with Gasteiger partial charge in [-0.2, -0.15) is 0 Å². The Morgan fingerprint density at radius 3 is 2.67 bits per heavy atom. The number of hydrogen-bond donors (Lipinski definition) is 1. The zero-order valence-corrected chi connectivity index (χ0v) is 11.8. The Bertz CT molecular complexity index is 368. The quantitative estimate of drug-likeness (QED) is 0.783. The molecule has 0 aromatic heterocycles. The summed E-state index contributed by atoms with van der Waals surface area (Å²) in [5, 5.41) is 3.51. The normalized spacial score (nSPS) is 11.9. The zero-order chi connectivity index (χ0) is 13.4. The molecule has 0 bridgehead atoms. The van der Waals surface area contributed by atoms with Crippen LogP contribution >= 0.6 is 23.2 Å². The van der Waals surface area contributed by atoms with E-state index in [9.17, 15) is 4.79 Å². The van der Waals surface area contributed by atoms with Crippen molar-refractivity contribution in [2.45, 2.75) is 25.1 Å². The molecule has 100 valence electrons. The minimum Gasteiger partial charge on any atom is -0.484 e. The Hall–Kier alpha value is -0.930. The molecular formula is C13H17Cl2NO2. The lowest BCUT2D eigenvalue weighted by molar-refractivity contribution is -0.123. The van der Waals surface area contributed by atoms with Crippen molar-refractivity contribution in [1.29, 1.82) is 0 Å². The highest BCUT2D eigenvalue weighted by Crippen LogP contribution is 2.15. The number of hydrogen-bond acceptors (Lipinski definition) is 2. The van der Waals surface area contributed by atoms with Crippen molar-refractivity contribution in [3.8, 4) is 5.75 Å². The summed E-state index contributed by atoms with van der Waals surface area (Å²) in [5.41, 5.74) is 0. The van der Waals surface area contributed by atoms with E-state index in [-0.39, 0.29) is 17.9 Å². The summed E-state index contributed by atoms with van der Waals surface area (Å²) in [4.78, 5) is 11.4. The average Bonchev–Trinajstić information content (AvgIpc) is 2.38. The fourth-order valence-electron chi connectivity index (χ4n) is 1.30. The third-order valence-corrected chi connectivity index (χ3v) is 3.19. The molecule has 1 atom stereocenters. The summed E-state index contributed by atoms with van der Waals surface area (Å²) in [5.74, 6) is 0.475. The van der Waals surface area contributed by atoms with Crippen LogP contribution in [0.4, 0.5) is 0 Å². The molecule has 0 saturated carbocycles. The van der Waals surface area contributed by atoms with Gasteiger partial charge in [-0.05, 0) is 37.1 Å². The van der Waals surface area contributed by atoms with Gasteiger partial charge in [-0.1, -0.05) is 18.5 Å². The monoisotopic (exact) mass is 289 g/mol. The van der Waals surface area contributed by atoms with E-state index in [2.05, 4.69) is 5.32 Å². The van der Waals surface area contributed by atoms with Crippen LogP contribution in [0.1, 0.15) is 19.8 Å². The van der Waals surface area contributed by atoms with E-state index in [0.717, 1.165) is 12.8 Å². The van der Waals surface area contributed by atoms with Gasteiger partial charge < -0.3 is 10.1 Å². The van der Waals surface area contributed by atoms with E-state index >= 15 is 0 Å². The molecule has 18 heavy (non-hydrogen) atoms. The third kappa shape index (κ3) is 6.12. The van der Waals surface area contributed by atoms with Crippen LogP contribution in [0.2, 0.25) is 5.02 Å². The number of carbonyl (C=O) groups excluding carboxylic acids is 1. The van der Waals surface area contributed by atoms with Crippen LogP contribution in [0.5, 0.6) is 5.75 Å². The van der Waals surface area contributed by atoms with Gasteiger partial charge in [0.2, 0.25) is 0 Å². The zero-order valence-electron chi connectivity index (χ0n) is 10.3. The molecule has 1 rings (SSSR count). The molecule has 0 saturated heterocycles. The molecule has 1 N–H and O–H groups in total. The Morgan fingerprint density at radius 1 is 1.39 bits per heavy atom. The number of nitrogens with one attached hydrogen (secondary N) is 1. The number of rotatable bonds is 7. The molecule has 0 aliphatic heterocycles. The Balaban J connectivity index is 2.19. The lowest BCUT2D eigenvalue weighted by atomic mass is 10.2. The highest BCUT2D eigenvalue weighted by atomic mass is 35.5. The van der Waals surface area contributed by atoms with Crippen LogP contribution in [0.15, 0.2) is 24.3 Å². The molecule has 0 aliphatic rings. The molecular weight excluding hydrogens is 273 g/mol. The van der Waals surface area contributed by atoms with Gasteiger partial charge in [0.25, 0.3) is 5.91 Å². The molecule has 0 fully saturated rings. The molecule has 0 aliphatic carbocycles. The number of alkyl halides is 1. The second kappa shape index (κ2) is 8.22. The van der Waals surface area contributed by atoms with E-state index in [1.807, 2.05) is 6.92 Å². The highest BCUT2D eigenvalue weighted by Gasteiger charge is 2.04. The highest BCUT2D eigenvalue weighted by molar-refractivity contribution is 6.30. The minimum atomic E-state index is -0.148. The molecule has 1 aromatic carbocycles. The van der Waals surface area contributed by atoms with E-state index < -0.39 is 0 Å². The Kier molecular flexibility index (Phi) is 6.91. The maximum absolute atomic E-state index is 11.4. The van der Waals surface area contributed by atoms with Crippen LogP contribution in [-0.2, 0) is 4.79 Å². The van der Waals surface area contributed by atoms with Crippen molar-refractivity contribution >= 4 is 29.1 Å². The molecule has 0 heterocycles. The maximum atomic E-state index is 11.4. The molecule has 1 unspecified atom stereocenters. The van der Waals surface area contributed by atoms with E-state index in [1.165, 1.54) is 0 Å². The van der Waals surface area contributed by atoms with Crippen molar-refractivity contribution in [3.63, 3.8) is 0 Å². The molecule has 1 amide bonds. The van der Waals surface area contributed by atoms with Gasteiger partial charge >= 0.3 is 0 Å². The summed E-state index contributed by atoms with van der Waals surface area (Å²) in [6.07, 6.45) is 1.67. The largest absolute Gasteiger partial charge is 0.484 e.